The molecule has 1 aromatic rings. The van der Waals surface area contributed by atoms with E-state index in [-0.39, 0.29) is 25.1 Å². The van der Waals surface area contributed by atoms with Crippen LogP contribution >= 0.6 is 0 Å². The van der Waals surface area contributed by atoms with Crippen molar-refractivity contribution in [2.24, 2.45) is 5.73 Å². The van der Waals surface area contributed by atoms with E-state index in [0.29, 0.717) is 11.1 Å². The van der Waals surface area contributed by atoms with Crippen LogP contribution < -0.4 is 5.73 Å². The molecule has 1 aromatic carbocycles. The summed E-state index contributed by atoms with van der Waals surface area (Å²) >= 11 is 0. The molecule has 106 valence electrons. The van der Waals surface area contributed by atoms with E-state index in [1.165, 1.54) is 23.1 Å². The average Bonchev–Trinajstić information content (AvgIpc) is 2.66. The molecule has 1 heterocycles. The van der Waals surface area contributed by atoms with Crippen molar-refractivity contribution in [2.45, 2.75) is 25.4 Å². The number of benzene rings is 1. The van der Waals surface area contributed by atoms with Gasteiger partial charge in [0.15, 0.2) is 0 Å². The molecule has 1 unspecified atom stereocenters. The summed E-state index contributed by atoms with van der Waals surface area (Å²) in [5.74, 6) is -2.20. The number of carbonyl (C=O) groups excluding carboxylic acids is 2. The lowest BCUT2D eigenvalue weighted by Gasteiger charge is -2.23. The molecule has 4 N–H and O–H groups in total. The first-order valence-electron chi connectivity index (χ1n) is 6.04. The lowest BCUT2D eigenvalue weighted by molar-refractivity contribution is -0.142. The molecule has 0 aliphatic carbocycles. The molecule has 20 heavy (non-hydrogen) atoms. The fraction of sp³-hybridized carbons (Fsp3) is 0.308. The third-order valence-corrected chi connectivity index (χ3v) is 3.25. The monoisotopic (exact) mass is 278 g/mol. The van der Waals surface area contributed by atoms with Crippen LogP contribution in [0.1, 0.15) is 28.8 Å². The van der Waals surface area contributed by atoms with Crippen LogP contribution in [0, 0.1) is 0 Å². The van der Waals surface area contributed by atoms with Crippen LogP contribution in [0.3, 0.4) is 0 Å². The minimum absolute atomic E-state index is 0.0161. The van der Waals surface area contributed by atoms with E-state index in [2.05, 4.69) is 0 Å². The van der Waals surface area contributed by atoms with Crippen molar-refractivity contribution in [1.29, 1.82) is 0 Å². The first-order valence-corrected chi connectivity index (χ1v) is 6.04. The van der Waals surface area contributed by atoms with Gasteiger partial charge in [-0.15, -0.1) is 0 Å². The molecule has 0 spiro atoms. The highest BCUT2D eigenvalue weighted by atomic mass is 16.4. The summed E-state index contributed by atoms with van der Waals surface area (Å²) in [6.45, 7) is 0.0955. The van der Waals surface area contributed by atoms with Gasteiger partial charge in [0.25, 0.3) is 5.91 Å². The quantitative estimate of drug-likeness (QED) is 0.703. The van der Waals surface area contributed by atoms with Gasteiger partial charge in [0.05, 0.1) is 0 Å². The molecule has 2 amide bonds. The van der Waals surface area contributed by atoms with Gasteiger partial charge >= 0.3 is 5.97 Å². The summed E-state index contributed by atoms with van der Waals surface area (Å²) in [6.07, 6.45) is -0.140. The average molecular weight is 278 g/mol. The molecule has 0 radical (unpaired) electrons. The highest BCUT2D eigenvalue weighted by molar-refractivity contribution is 6.00. The number of nitrogens with zero attached hydrogens (tertiary/aromatic N) is 1. The second-order valence-electron chi connectivity index (χ2n) is 4.63. The van der Waals surface area contributed by atoms with Crippen molar-refractivity contribution in [2.75, 3.05) is 0 Å². The Hall–Kier alpha value is -2.57. The molecule has 7 heteroatoms. The highest BCUT2D eigenvalue weighted by Gasteiger charge is 2.36. The van der Waals surface area contributed by atoms with Gasteiger partial charge < -0.3 is 20.8 Å². The van der Waals surface area contributed by atoms with Crippen LogP contribution in [0.15, 0.2) is 18.2 Å². The fourth-order valence-corrected chi connectivity index (χ4v) is 2.27. The van der Waals surface area contributed by atoms with Crippen molar-refractivity contribution in [3.63, 3.8) is 0 Å². The number of amides is 2. The number of nitrogens with two attached hydrogens (primary N) is 1. The molecule has 0 saturated carbocycles. The smallest absolute Gasteiger partial charge is 0.326 e. The van der Waals surface area contributed by atoms with Gasteiger partial charge in [-0.2, -0.15) is 0 Å². The van der Waals surface area contributed by atoms with Gasteiger partial charge in [-0.3, -0.25) is 9.59 Å². The third kappa shape index (κ3) is 2.56. The molecular formula is C13H14N2O5. The SMILES string of the molecule is NC(=O)CCC(C(=O)O)N1Cc2cc(O)ccc2C1=O. The Morgan fingerprint density at radius 2 is 2.10 bits per heavy atom. The van der Waals surface area contributed by atoms with Gasteiger partial charge in [0, 0.05) is 18.5 Å². The molecule has 0 aromatic heterocycles. The summed E-state index contributed by atoms with van der Waals surface area (Å²) in [5.41, 5.74) is 5.95. The zero-order valence-corrected chi connectivity index (χ0v) is 10.6. The number of phenols is 1. The standard InChI is InChI=1S/C13H14N2O5/c14-11(17)4-3-10(13(19)20)15-6-7-5-8(16)1-2-9(7)12(15)18/h1-2,5,10,16H,3-4,6H2,(H2,14,17)(H,19,20). The van der Waals surface area contributed by atoms with Crippen molar-refractivity contribution in [1.82, 2.24) is 4.90 Å². The second kappa shape index (κ2) is 5.20. The van der Waals surface area contributed by atoms with E-state index in [1.54, 1.807) is 0 Å². The van der Waals surface area contributed by atoms with E-state index in [9.17, 15) is 24.6 Å². The van der Waals surface area contributed by atoms with E-state index < -0.39 is 23.8 Å². The Morgan fingerprint density at radius 3 is 2.70 bits per heavy atom. The van der Waals surface area contributed by atoms with E-state index in [0.717, 1.165) is 0 Å². The zero-order chi connectivity index (χ0) is 14.9. The first kappa shape index (κ1) is 13.9. The topological polar surface area (TPSA) is 121 Å². The van der Waals surface area contributed by atoms with Crippen LogP contribution in [0.5, 0.6) is 5.75 Å². The van der Waals surface area contributed by atoms with Crippen LogP contribution in [0.2, 0.25) is 0 Å². The molecule has 2 rings (SSSR count). The number of aromatic hydroxyl groups is 1. The lowest BCUT2D eigenvalue weighted by Crippen LogP contribution is -2.41. The van der Waals surface area contributed by atoms with E-state index >= 15 is 0 Å². The predicted octanol–water partition coefficient (Wildman–Crippen LogP) is 0.0667. The Bertz CT molecular complexity index is 584. The van der Waals surface area contributed by atoms with Crippen LogP contribution in [-0.4, -0.2) is 38.9 Å². The third-order valence-electron chi connectivity index (χ3n) is 3.25. The Kier molecular flexibility index (Phi) is 3.60. The van der Waals surface area contributed by atoms with Gasteiger partial charge in [-0.05, 0) is 30.2 Å². The van der Waals surface area contributed by atoms with Gasteiger partial charge in [-0.25, -0.2) is 4.79 Å². The molecule has 1 aliphatic heterocycles. The number of hydrogen-bond donors (Lipinski definition) is 3. The largest absolute Gasteiger partial charge is 0.508 e. The molecule has 0 bridgehead atoms. The zero-order valence-electron chi connectivity index (χ0n) is 10.6. The minimum Gasteiger partial charge on any atom is -0.508 e. The number of carbonyl (C=O) groups is 3. The van der Waals surface area contributed by atoms with Crippen molar-refractivity contribution < 1.29 is 24.6 Å². The summed E-state index contributed by atoms with van der Waals surface area (Å²) < 4.78 is 0. The Balaban J connectivity index is 2.22. The molecule has 1 aliphatic rings. The Labute approximate surface area is 114 Å². The fourth-order valence-electron chi connectivity index (χ4n) is 2.27. The maximum absolute atomic E-state index is 12.2. The summed E-state index contributed by atoms with van der Waals surface area (Å²) in [6, 6.07) is 3.16. The molecular weight excluding hydrogens is 264 g/mol. The van der Waals surface area contributed by atoms with Crippen molar-refractivity contribution in [3.8, 4) is 5.75 Å². The number of fused-ring (bicyclic) bond motifs is 1. The number of carboxylic acid groups (broad SMARTS) is 1. The van der Waals surface area contributed by atoms with Crippen molar-refractivity contribution >= 4 is 17.8 Å². The number of carboxylic acids is 1. The molecule has 0 saturated heterocycles. The van der Waals surface area contributed by atoms with Crippen molar-refractivity contribution in [3.05, 3.63) is 29.3 Å². The molecule has 7 nitrogen and oxygen atoms in total. The lowest BCUT2D eigenvalue weighted by atomic mass is 10.1. The highest BCUT2D eigenvalue weighted by Crippen LogP contribution is 2.28. The van der Waals surface area contributed by atoms with Gasteiger partial charge in [-0.1, -0.05) is 0 Å². The second-order valence-corrected chi connectivity index (χ2v) is 4.63. The van der Waals surface area contributed by atoms with Gasteiger partial charge in [0.2, 0.25) is 5.91 Å². The van der Waals surface area contributed by atoms with E-state index in [1.807, 2.05) is 0 Å². The first-order chi connectivity index (χ1) is 9.40. The normalized spacial score (nSPS) is 15.0. The predicted molar refractivity (Wildman–Crippen MR) is 67.8 cm³/mol. The summed E-state index contributed by atoms with van der Waals surface area (Å²) in [5, 5.41) is 18.6. The molecule has 0 fully saturated rings. The maximum atomic E-state index is 12.2. The molecule has 1 atom stereocenters. The van der Waals surface area contributed by atoms with Crippen LogP contribution in [0.4, 0.5) is 0 Å². The number of primary amides is 1. The summed E-state index contributed by atoms with van der Waals surface area (Å²) in [7, 11) is 0. The number of hydrogen-bond acceptors (Lipinski definition) is 4. The van der Waals surface area contributed by atoms with Crippen LogP contribution in [-0.2, 0) is 16.1 Å². The summed E-state index contributed by atoms with van der Waals surface area (Å²) in [4.78, 5) is 35.4. The van der Waals surface area contributed by atoms with Gasteiger partial charge in [0.1, 0.15) is 11.8 Å². The Morgan fingerprint density at radius 1 is 1.40 bits per heavy atom. The minimum atomic E-state index is -1.18. The van der Waals surface area contributed by atoms with E-state index in [4.69, 9.17) is 5.73 Å². The number of phenolic OH excluding ortho intramolecular Hbond substituents is 1. The maximum Gasteiger partial charge on any atom is 0.326 e. The number of rotatable bonds is 5. The van der Waals surface area contributed by atoms with Crippen LogP contribution in [0.25, 0.3) is 0 Å². The number of aliphatic carboxylic acids is 1.